The highest BCUT2D eigenvalue weighted by atomic mass is 35.5. The number of fused-ring (bicyclic) bond motifs is 3. The van der Waals surface area contributed by atoms with Gasteiger partial charge in [-0.2, -0.15) is 0 Å². The lowest BCUT2D eigenvalue weighted by molar-refractivity contribution is 0.329. The van der Waals surface area contributed by atoms with Crippen LogP contribution in [0.2, 0.25) is 5.02 Å². The maximum absolute atomic E-state index is 6.42. The van der Waals surface area contributed by atoms with Crippen LogP contribution < -0.4 is 9.04 Å². The van der Waals surface area contributed by atoms with Crippen LogP contribution in [0.1, 0.15) is 25.0 Å². The first kappa shape index (κ1) is 16.9. The maximum Gasteiger partial charge on any atom is 0.118 e. The quantitative estimate of drug-likeness (QED) is 0.628. The van der Waals surface area contributed by atoms with Crippen LogP contribution in [0.15, 0.2) is 48.5 Å². The highest BCUT2D eigenvalue weighted by Crippen LogP contribution is 2.56. The molecule has 2 aliphatic heterocycles. The van der Waals surface area contributed by atoms with Crippen LogP contribution in [0.4, 0.5) is 5.69 Å². The molecule has 2 unspecified atom stereocenters. The average Bonchev–Trinajstić information content (AvgIpc) is 3.10. The van der Waals surface area contributed by atoms with E-state index in [1.165, 1.54) is 16.8 Å². The Bertz CT molecular complexity index is 815. The number of benzene rings is 2. The van der Waals surface area contributed by atoms with Crippen molar-refractivity contribution >= 4 is 35.3 Å². The predicted octanol–water partition coefficient (Wildman–Crippen LogP) is 5.85. The molecule has 2 nitrogen and oxygen atoms in total. The third kappa shape index (κ3) is 2.84. The number of hydrogen-bond acceptors (Lipinski definition) is 3. The summed E-state index contributed by atoms with van der Waals surface area (Å²) in [6, 6.07) is 14.9. The molecule has 130 valence electrons. The summed E-state index contributed by atoms with van der Waals surface area (Å²) in [5, 5.41) is 1.33. The molecule has 2 aromatic rings. The van der Waals surface area contributed by atoms with Crippen molar-refractivity contribution in [2.75, 3.05) is 11.4 Å². The standard InChI is InChI=1S/C21H22ClNOS/c1-21(2)19-13-16-17(22)5-4-6-18(16)23(19)25-20(21)12-9-14-7-10-15(24-3)11-8-14/h4-12,19-20H,13H2,1-3H3. The van der Waals surface area contributed by atoms with Crippen molar-refractivity contribution in [3.63, 3.8) is 0 Å². The Labute approximate surface area is 159 Å². The molecule has 0 bridgehead atoms. The van der Waals surface area contributed by atoms with E-state index in [2.05, 4.69) is 54.6 Å². The van der Waals surface area contributed by atoms with Crippen LogP contribution in [0, 0.1) is 5.41 Å². The van der Waals surface area contributed by atoms with Crippen molar-refractivity contribution in [3.8, 4) is 5.75 Å². The topological polar surface area (TPSA) is 12.5 Å². The Kier molecular flexibility index (Phi) is 4.25. The zero-order valence-corrected chi connectivity index (χ0v) is 16.3. The second-order valence-electron chi connectivity index (χ2n) is 7.26. The molecule has 25 heavy (non-hydrogen) atoms. The van der Waals surface area contributed by atoms with Crippen molar-refractivity contribution in [1.82, 2.24) is 0 Å². The smallest absolute Gasteiger partial charge is 0.118 e. The van der Waals surface area contributed by atoms with Crippen LogP contribution in [0.3, 0.4) is 0 Å². The zero-order valence-electron chi connectivity index (χ0n) is 14.7. The van der Waals surface area contributed by atoms with Gasteiger partial charge in [0.25, 0.3) is 0 Å². The number of ether oxygens (including phenoxy) is 1. The molecule has 0 spiro atoms. The van der Waals surface area contributed by atoms with E-state index >= 15 is 0 Å². The van der Waals surface area contributed by atoms with Crippen molar-refractivity contribution in [2.45, 2.75) is 31.6 Å². The summed E-state index contributed by atoms with van der Waals surface area (Å²) in [6.45, 7) is 4.74. The van der Waals surface area contributed by atoms with Gasteiger partial charge in [0.15, 0.2) is 0 Å². The maximum atomic E-state index is 6.42. The van der Waals surface area contributed by atoms with Crippen molar-refractivity contribution in [1.29, 1.82) is 0 Å². The van der Waals surface area contributed by atoms with Gasteiger partial charge in [-0.25, -0.2) is 0 Å². The minimum atomic E-state index is 0.177. The Morgan fingerprint density at radius 3 is 2.68 bits per heavy atom. The summed E-state index contributed by atoms with van der Waals surface area (Å²) in [4.78, 5) is 0. The molecule has 1 fully saturated rings. The van der Waals surface area contributed by atoms with E-state index in [4.69, 9.17) is 16.3 Å². The fraction of sp³-hybridized carbons (Fsp3) is 0.333. The number of anilines is 1. The second kappa shape index (κ2) is 6.30. The summed E-state index contributed by atoms with van der Waals surface area (Å²) in [5.41, 5.74) is 3.96. The number of hydrogen-bond donors (Lipinski definition) is 0. The van der Waals surface area contributed by atoms with Gasteiger partial charge in [0.2, 0.25) is 0 Å². The lowest BCUT2D eigenvalue weighted by Crippen LogP contribution is -2.36. The van der Waals surface area contributed by atoms with Gasteiger partial charge in [0.05, 0.1) is 24.1 Å². The first-order valence-electron chi connectivity index (χ1n) is 8.56. The van der Waals surface area contributed by atoms with Crippen LogP contribution in [0.25, 0.3) is 6.08 Å². The first-order chi connectivity index (χ1) is 12.0. The third-order valence-electron chi connectivity index (χ3n) is 5.41. The van der Waals surface area contributed by atoms with E-state index in [0.717, 1.165) is 17.2 Å². The molecule has 0 N–H and O–H groups in total. The highest BCUT2D eigenvalue weighted by molar-refractivity contribution is 8.01. The molecular weight excluding hydrogens is 350 g/mol. The Morgan fingerprint density at radius 2 is 1.96 bits per heavy atom. The molecule has 4 rings (SSSR count). The van der Waals surface area contributed by atoms with E-state index in [-0.39, 0.29) is 5.41 Å². The number of halogens is 1. The Morgan fingerprint density at radius 1 is 1.20 bits per heavy atom. The van der Waals surface area contributed by atoms with Gasteiger partial charge in [0, 0.05) is 10.4 Å². The fourth-order valence-corrected chi connectivity index (χ4v) is 5.59. The molecule has 1 saturated heterocycles. The van der Waals surface area contributed by atoms with E-state index in [1.807, 2.05) is 30.1 Å². The lowest BCUT2D eigenvalue weighted by atomic mass is 9.79. The number of methoxy groups -OCH3 is 1. The highest BCUT2D eigenvalue weighted by Gasteiger charge is 2.51. The van der Waals surface area contributed by atoms with Gasteiger partial charge < -0.3 is 9.04 Å². The molecule has 0 amide bonds. The van der Waals surface area contributed by atoms with Gasteiger partial charge in [-0.3, -0.25) is 0 Å². The van der Waals surface area contributed by atoms with Gasteiger partial charge >= 0.3 is 0 Å². The summed E-state index contributed by atoms with van der Waals surface area (Å²) in [7, 11) is 1.69. The Balaban J connectivity index is 1.57. The van der Waals surface area contributed by atoms with Crippen LogP contribution in [0.5, 0.6) is 5.75 Å². The molecule has 0 saturated carbocycles. The minimum Gasteiger partial charge on any atom is -0.497 e. The molecule has 2 atom stereocenters. The average molecular weight is 372 g/mol. The molecule has 2 aliphatic rings. The SMILES string of the molecule is COc1ccc(C=CC2SN3c4cccc(Cl)c4CC3C2(C)C)cc1. The second-order valence-corrected chi connectivity index (χ2v) is 8.78. The van der Waals surface area contributed by atoms with E-state index in [1.54, 1.807) is 7.11 Å². The van der Waals surface area contributed by atoms with E-state index in [0.29, 0.717) is 11.3 Å². The minimum absolute atomic E-state index is 0.177. The zero-order chi connectivity index (χ0) is 17.6. The number of nitrogens with zero attached hydrogens (tertiary/aromatic N) is 1. The lowest BCUT2D eigenvalue weighted by Gasteiger charge is -2.28. The molecule has 2 heterocycles. The molecule has 0 aliphatic carbocycles. The molecule has 0 aromatic heterocycles. The molecular formula is C21H22ClNOS. The predicted molar refractivity (Wildman–Crippen MR) is 109 cm³/mol. The number of rotatable bonds is 3. The van der Waals surface area contributed by atoms with Crippen LogP contribution in [-0.4, -0.2) is 18.4 Å². The van der Waals surface area contributed by atoms with E-state index in [9.17, 15) is 0 Å². The Hall–Kier alpha value is -1.58. The molecule has 4 heteroatoms. The normalized spacial score (nSPS) is 23.8. The molecule has 2 aromatic carbocycles. The third-order valence-corrected chi connectivity index (χ3v) is 7.43. The summed E-state index contributed by atoms with van der Waals surface area (Å²) in [6.07, 6.45) is 5.59. The van der Waals surface area contributed by atoms with Crippen molar-refractivity contribution in [3.05, 3.63) is 64.7 Å². The van der Waals surface area contributed by atoms with E-state index < -0.39 is 0 Å². The summed E-state index contributed by atoms with van der Waals surface area (Å²) < 4.78 is 7.70. The summed E-state index contributed by atoms with van der Waals surface area (Å²) >= 11 is 8.35. The van der Waals surface area contributed by atoms with Crippen LogP contribution in [-0.2, 0) is 6.42 Å². The van der Waals surface area contributed by atoms with Crippen LogP contribution >= 0.6 is 23.5 Å². The van der Waals surface area contributed by atoms with Crippen molar-refractivity contribution in [2.24, 2.45) is 5.41 Å². The fourth-order valence-electron chi connectivity index (χ4n) is 3.74. The van der Waals surface area contributed by atoms with Gasteiger partial charge in [-0.1, -0.05) is 55.8 Å². The van der Waals surface area contributed by atoms with Gasteiger partial charge in [-0.15, -0.1) is 0 Å². The van der Waals surface area contributed by atoms with Gasteiger partial charge in [-0.05, 0) is 53.8 Å². The molecule has 0 radical (unpaired) electrons. The summed E-state index contributed by atoms with van der Waals surface area (Å²) in [5.74, 6) is 0.891. The largest absolute Gasteiger partial charge is 0.497 e. The van der Waals surface area contributed by atoms with Gasteiger partial charge in [0.1, 0.15) is 5.75 Å². The first-order valence-corrected chi connectivity index (χ1v) is 9.78. The van der Waals surface area contributed by atoms with Crippen molar-refractivity contribution < 1.29 is 4.74 Å². The monoisotopic (exact) mass is 371 g/mol.